The highest BCUT2D eigenvalue weighted by Gasteiger charge is 2.17. The lowest BCUT2D eigenvalue weighted by Gasteiger charge is -2.16. The molecule has 0 atom stereocenters. The van der Waals surface area contributed by atoms with Crippen LogP contribution < -0.4 is 0 Å². The molecular formula is C10H12N2OS. The first kappa shape index (κ1) is 10.7. The Hall–Kier alpha value is -1.34. The average molecular weight is 208 g/mol. The van der Waals surface area contributed by atoms with Gasteiger partial charge in [0.2, 0.25) is 0 Å². The number of rotatable bonds is 3. The van der Waals surface area contributed by atoms with Gasteiger partial charge in [-0.05, 0) is 13.8 Å². The predicted octanol–water partition coefficient (Wildman–Crippen LogP) is 1.55. The number of amides is 1. The van der Waals surface area contributed by atoms with Gasteiger partial charge in [0.25, 0.3) is 5.91 Å². The standard InChI is InChI=1S/C10H12N2OS/c1-4-6-12(5-2)10(13)9-8(3)11-7-14-9/h1,7H,5-6H2,2-3H3. The topological polar surface area (TPSA) is 33.2 Å². The smallest absolute Gasteiger partial charge is 0.266 e. The van der Waals surface area contributed by atoms with Gasteiger partial charge in [-0.15, -0.1) is 17.8 Å². The molecule has 0 N–H and O–H groups in total. The molecule has 0 saturated carbocycles. The fourth-order valence-electron chi connectivity index (χ4n) is 1.09. The predicted molar refractivity (Wildman–Crippen MR) is 57.3 cm³/mol. The van der Waals surface area contributed by atoms with Gasteiger partial charge in [-0.1, -0.05) is 5.92 Å². The molecule has 0 aliphatic heterocycles. The van der Waals surface area contributed by atoms with Gasteiger partial charge < -0.3 is 4.90 Å². The van der Waals surface area contributed by atoms with E-state index in [2.05, 4.69) is 10.9 Å². The van der Waals surface area contributed by atoms with Gasteiger partial charge in [0.05, 0.1) is 17.7 Å². The molecule has 1 rings (SSSR count). The highest BCUT2D eigenvalue weighted by atomic mass is 32.1. The van der Waals surface area contributed by atoms with Crippen LogP contribution in [0.4, 0.5) is 0 Å². The molecule has 14 heavy (non-hydrogen) atoms. The zero-order valence-corrected chi connectivity index (χ0v) is 9.10. The molecule has 0 spiro atoms. The summed E-state index contributed by atoms with van der Waals surface area (Å²) in [4.78, 5) is 18.2. The maximum atomic E-state index is 11.8. The zero-order valence-electron chi connectivity index (χ0n) is 8.28. The minimum absolute atomic E-state index is 0.0227. The molecule has 0 aliphatic carbocycles. The molecule has 0 aliphatic rings. The van der Waals surface area contributed by atoms with Gasteiger partial charge >= 0.3 is 0 Å². The van der Waals surface area contributed by atoms with Gasteiger partial charge in [0.1, 0.15) is 4.88 Å². The molecule has 0 radical (unpaired) electrons. The first-order valence-corrected chi connectivity index (χ1v) is 5.21. The fourth-order valence-corrected chi connectivity index (χ4v) is 1.86. The van der Waals surface area contributed by atoms with Crippen molar-refractivity contribution in [3.05, 3.63) is 16.1 Å². The molecule has 0 aromatic carbocycles. The third kappa shape index (κ3) is 2.12. The lowest BCUT2D eigenvalue weighted by atomic mass is 10.3. The van der Waals surface area contributed by atoms with Crippen LogP contribution in [0.25, 0.3) is 0 Å². The number of thiazole rings is 1. The number of nitrogens with zero attached hydrogens (tertiary/aromatic N) is 2. The van der Waals surface area contributed by atoms with Crippen LogP contribution >= 0.6 is 11.3 Å². The molecule has 3 nitrogen and oxygen atoms in total. The number of aromatic nitrogens is 1. The first-order chi connectivity index (χ1) is 6.70. The Morgan fingerprint density at radius 3 is 2.93 bits per heavy atom. The van der Waals surface area contributed by atoms with Gasteiger partial charge in [-0.25, -0.2) is 4.98 Å². The number of aryl methyl sites for hydroxylation is 1. The third-order valence-corrected chi connectivity index (χ3v) is 2.81. The molecule has 1 heterocycles. The van der Waals surface area contributed by atoms with Crippen molar-refractivity contribution < 1.29 is 4.79 Å². The molecule has 4 heteroatoms. The van der Waals surface area contributed by atoms with E-state index < -0.39 is 0 Å². The van der Waals surface area contributed by atoms with Crippen LogP contribution in [0.2, 0.25) is 0 Å². The van der Waals surface area contributed by atoms with Crippen LogP contribution in [-0.2, 0) is 0 Å². The van der Waals surface area contributed by atoms with Crippen molar-refractivity contribution in [1.82, 2.24) is 9.88 Å². The van der Waals surface area contributed by atoms with Crippen molar-refractivity contribution in [3.63, 3.8) is 0 Å². The van der Waals surface area contributed by atoms with E-state index >= 15 is 0 Å². The fraction of sp³-hybridized carbons (Fsp3) is 0.400. The van der Waals surface area contributed by atoms with Crippen molar-refractivity contribution in [2.45, 2.75) is 13.8 Å². The Morgan fingerprint density at radius 1 is 1.79 bits per heavy atom. The average Bonchev–Trinajstić information content (AvgIpc) is 2.59. The van der Waals surface area contributed by atoms with Gasteiger partial charge in [0, 0.05) is 6.54 Å². The number of carbonyl (C=O) groups is 1. The second-order valence-electron chi connectivity index (χ2n) is 2.79. The van der Waals surface area contributed by atoms with Crippen molar-refractivity contribution >= 4 is 17.2 Å². The lowest BCUT2D eigenvalue weighted by Crippen LogP contribution is -2.30. The molecule has 0 fully saturated rings. The van der Waals surface area contributed by atoms with Crippen LogP contribution in [0.3, 0.4) is 0 Å². The Kier molecular flexibility index (Phi) is 3.66. The third-order valence-electron chi connectivity index (χ3n) is 1.89. The van der Waals surface area contributed by atoms with E-state index in [-0.39, 0.29) is 5.91 Å². The van der Waals surface area contributed by atoms with Crippen molar-refractivity contribution in [1.29, 1.82) is 0 Å². The maximum Gasteiger partial charge on any atom is 0.266 e. The molecule has 0 unspecified atom stereocenters. The largest absolute Gasteiger partial charge is 0.327 e. The van der Waals surface area contributed by atoms with Crippen LogP contribution in [0.5, 0.6) is 0 Å². The number of terminal acetylenes is 1. The first-order valence-electron chi connectivity index (χ1n) is 4.33. The summed E-state index contributed by atoms with van der Waals surface area (Å²) in [6.07, 6.45) is 5.18. The van der Waals surface area contributed by atoms with Gasteiger partial charge in [0.15, 0.2) is 0 Å². The lowest BCUT2D eigenvalue weighted by molar-refractivity contribution is 0.0789. The number of carbonyl (C=O) groups excluding carboxylic acids is 1. The highest BCUT2D eigenvalue weighted by Crippen LogP contribution is 2.14. The molecular weight excluding hydrogens is 196 g/mol. The Balaban J connectivity index is 2.84. The second kappa shape index (κ2) is 4.77. The highest BCUT2D eigenvalue weighted by molar-refractivity contribution is 7.11. The Bertz CT molecular complexity index is 364. The number of hydrogen-bond acceptors (Lipinski definition) is 3. The van der Waals surface area contributed by atoms with E-state index in [0.29, 0.717) is 18.0 Å². The van der Waals surface area contributed by atoms with E-state index in [4.69, 9.17) is 6.42 Å². The van der Waals surface area contributed by atoms with Crippen LogP contribution in [0.1, 0.15) is 22.3 Å². The quantitative estimate of drug-likeness (QED) is 0.706. The molecule has 0 bridgehead atoms. The number of hydrogen-bond donors (Lipinski definition) is 0. The molecule has 74 valence electrons. The van der Waals surface area contributed by atoms with Crippen molar-refractivity contribution in [2.75, 3.05) is 13.1 Å². The Labute approximate surface area is 87.8 Å². The van der Waals surface area contributed by atoms with Gasteiger partial charge in [-0.2, -0.15) is 0 Å². The molecule has 1 amide bonds. The van der Waals surface area contributed by atoms with E-state index in [1.807, 2.05) is 13.8 Å². The van der Waals surface area contributed by atoms with E-state index in [1.54, 1.807) is 10.4 Å². The second-order valence-corrected chi connectivity index (χ2v) is 3.65. The SMILES string of the molecule is C#CCN(CC)C(=O)c1scnc1C. The minimum Gasteiger partial charge on any atom is -0.327 e. The molecule has 1 aromatic rings. The Morgan fingerprint density at radius 2 is 2.50 bits per heavy atom. The van der Waals surface area contributed by atoms with Crippen LogP contribution in [0.15, 0.2) is 5.51 Å². The summed E-state index contributed by atoms with van der Waals surface area (Å²) in [5, 5.41) is 0. The van der Waals surface area contributed by atoms with Gasteiger partial charge in [-0.3, -0.25) is 4.79 Å². The van der Waals surface area contributed by atoms with Crippen molar-refractivity contribution in [3.8, 4) is 12.3 Å². The summed E-state index contributed by atoms with van der Waals surface area (Å²) in [7, 11) is 0. The summed E-state index contributed by atoms with van der Waals surface area (Å²) in [5.41, 5.74) is 2.45. The minimum atomic E-state index is -0.0227. The van der Waals surface area contributed by atoms with E-state index in [0.717, 1.165) is 5.69 Å². The summed E-state index contributed by atoms with van der Waals surface area (Å²) in [5.74, 6) is 2.45. The summed E-state index contributed by atoms with van der Waals surface area (Å²) in [6.45, 7) is 4.71. The monoisotopic (exact) mass is 208 g/mol. The van der Waals surface area contributed by atoms with Crippen molar-refractivity contribution in [2.24, 2.45) is 0 Å². The maximum absolute atomic E-state index is 11.8. The summed E-state index contributed by atoms with van der Waals surface area (Å²) in [6, 6.07) is 0. The summed E-state index contributed by atoms with van der Waals surface area (Å²) < 4.78 is 0. The molecule has 1 aromatic heterocycles. The zero-order chi connectivity index (χ0) is 10.6. The van der Waals surface area contributed by atoms with Crippen LogP contribution in [0, 0.1) is 19.3 Å². The van der Waals surface area contributed by atoms with E-state index in [9.17, 15) is 4.79 Å². The molecule has 0 saturated heterocycles. The van der Waals surface area contributed by atoms with Crippen LogP contribution in [-0.4, -0.2) is 28.9 Å². The van der Waals surface area contributed by atoms with E-state index in [1.165, 1.54) is 11.3 Å². The normalized spacial score (nSPS) is 9.50. The summed E-state index contributed by atoms with van der Waals surface area (Å²) >= 11 is 1.36.